The molecule has 7 heteroatoms. The van der Waals surface area contributed by atoms with Gasteiger partial charge in [0.05, 0.1) is 13.2 Å². The van der Waals surface area contributed by atoms with Crippen LogP contribution >= 0.6 is 0 Å². The van der Waals surface area contributed by atoms with Crippen LogP contribution in [0, 0.1) is 5.82 Å². The number of alkyl halides is 3. The van der Waals surface area contributed by atoms with Gasteiger partial charge in [-0.2, -0.15) is 13.2 Å². The summed E-state index contributed by atoms with van der Waals surface area (Å²) in [5.74, 6) is -1.57. The van der Waals surface area contributed by atoms with Crippen LogP contribution in [0.2, 0.25) is 0 Å². The van der Waals surface area contributed by atoms with Gasteiger partial charge in [-0.1, -0.05) is 49.8 Å². The van der Waals surface area contributed by atoms with E-state index in [9.17, 15) is 17.6 Å². The predicted molar refractivity (Wildman–Crippen MR) is 121 cm³/mol. The fourth-order valence-electron chi connectivity index (χ4n) is 3.79. The standard InChI is InChI=1S/C26H30F4O3/c1-3-5-16-32-23-15-13-21(17-33-23)19-9-6-18(7-10-19)8-11-20-12-14-22(31-4-2)24(25(20)27)26(28,29)30/h6-12,14,21,23H,3-5,13,15-17H2,1-2H3/b11-8+. The Bertz CT molecular complexity index is 914. The minimum absolute atomic E-state index is 0.0165. The zero-order valence-corrected chi connectivity index (χ0v) is 19.0. The van der Waals surface area contributed by atoms with Gasteiger partial charge in [0.15, 0.2) is 6.29 Å². The summed E-state index contributed by atoms with van der Waals surface area (Å²) in [5.41, 5.74) is 0.365. The third-order valence-electron chi connectivity index (χ3n) is 5.62. The van der Waals surface area contributed by atoms with Gasteiger partial charge in [-0.05, 0) is 49.4 Å². The van der Waals surface area contributed by atoms with Crippen LogP contribution in [0.25, 0.3) is 12.2 Å². The highest BCUT2D eigenvalue weighted by atomic mass is 19.4. The van der Waals surface area contributed by atoms with Gasteiger partial charge in [-0.25, -0.2) is 4.39 Å². The quantitative estimate of drug-likeness (QED) is 0.218. The first-order chi connectivity index (χ1) is 15.8. The Balaban J connectivity index is 1.65. The Morgan fingerprint density at radius 2 is 1.79 bits per heavy atom. The first kappa shape index (κ1) is 25.2. The Morgan fingerprint density at radius 1 is 1.03 bits per heavy atom. The molecule has 2 aromatic carbocycles. The van der Waals surface area contributed by atoms with Gasteiger partial charge in [0.2, 0.25) is 0 Å². The fraction of sp³-hybridized carbons (Fsp3) is 0.462. The van der Waals surface area contributed by atoms with Crippen LogP contribution in [0.15, 0.2) is 36.4 Å². The number of rotatable bonds is 9. The molecule has 180 valence electrons. The third-order valence-corrected chi connectivity index (χ3v) is 5.62. The van der Waals surface area contributed by atoms with Crippen molar-refractivity contribution in [2.45, 2.75) is 57.9 Å². The first-order valence-electron chi connectivity index (χ1n) is 11.4. The van der Waals surface area contributed by atoms with Crippen LogP contribution in [-0.4, -0.2) is 26.1 Å². The van der Waals surface area contributed by atoms with Gasteiger partial charge in [-0.3, -0.25) is 0 Å². The molecule has 0 bridgehead atoms. The second kappa shape index (κ2) is 11.7. The minimum atomic E-state index is -4.85. The van der Waals surface area contributed by atoms with Gasteiger partial charge >= 0.3 is 6.18 Å². The van der Waals surface area contributed by atoms with E-state index in [4.69, 9.17) is 14.2 Å². The molecule has 0 amide bonds. The lowest BCUT2D eigenvalue weighted by molar-refractivity contribution is -0.167. The lowest BCUT2D eigenvalue weighted by Gasteiger charge is -2.29. The molecule has 3 rings (SSSR count). The average Bonchev–Trinajstić information content (AvgIpc) is 2.79. The second-order valence-corrected chi connectivity index (χ2v) is 8.03. The second-order valence-electron chi connectivity index (χ2n) is 8.03. The smallest absolute Gasteiger partial charge is 0.422 e. The molecule has 0 radical (unpaired) electrons. The number of benzene rings is 2. The zero-order chi connectivity index (χ0) is 23.8. The van der Waals surface area contributed by atoms with E-state index in [-0.39, 0.29) is 24.4 Å². The molecule has 1 saturated heterocycles. The molecule has 3 nitrogen and oxygen atoms in total. The molecular weight excluding hydrogens is 436 g/mol. The van der Waals surface area contributed by atoms with E-state index < -0.39 is 23.3 Å². The maximum atomic E-state index is 14.6. The molecular formula is C26H30F4O3. The third kappa shape index (κ3) is 6.81. The summed E-state index contributed by atoms with van der Waals surface area (Å²) in [7, 11) is 0. The lowest BCUT2D eigenvalue weighted by atomic mass is 9.92. The highest BCUT2D eigenvalue weighted by molar-refractivity contribution is 5.71. The summed E-state index contributed by atoms with van der Waals surface area (Å²) in [6.45, 7) is 4.99. The van der Waals surface area contributed by atoms with Crippen molar-refractivity contribution in [3.63, 3.8) is 0 Å². The molecule has 0 N–H and O–H groups in total. The molecule has 0 aromatic heterocycles. The van der Waals surface area contributed by atoms with Crippen molar-refractivity contribution in [1.82, 2.24) is 0 Å². The zero-order valence-electron chi connectivity index (χ0n) is 19.0. The van der Waals surface area contributed by atoms with Crippen molar-refractivity contribution >= 4 is 12.2 Å². The highest BCUT2D eigenvalue weighted by Crippen LogP contribution is 2.39. The normalized spacial score (nSPS) is 19.2. The van der Waals surface area contributed by atoms with Gasteiger partial charge in [0.1, 0.15) is 17.1 Å². The fourth-order valence-corrected chi connectivity index (χ4v) is 3.79. The summed E-state index contributed by atoms with van der Waals surface area (Å²) < 4.78 is 71.1. The maximum absolute atomic E-state index is 14.6. The van der Waals surface area contributed by atoms with E-state index >= 15 is 0 Å². The summed E-state index contributed by atoms with van der Waals surface area (Å²) >= 11 is 0. The van der Waals surface area contributed by atoms with Crippen molar-refractivity contribution in [1.29, 1.82) is 0 Å². The molecule has 33 heavy (non-hydrogen) atoms. The van der Waals surface area contributed by atoms with Crippen molar-refractivity contribution in [2.75, 3.05) is 19.8 Å². The summed E-state index contributed by atoms with van der Waals surface area (Å²) in [4.78, 5) is 0. The Labute approximate surface area is 192 Å². The molecule has 1 fully saturated rings. The molecule has 2 atom stereocenters. The number of hydrogen-bond acceptors (Lipinski definition) is 3. The van der Waals surface area contributed by atoms with Crippen molar-refractivity contribution < 1.29 is 31.8 Å². The van der Waals surface area contributed by atoms with Crippen LogP contribution in [0.4, 0.5) is 17.6 Å². The van der Waals surface area contributed by atoms with Gasteiger partial charge < -0.3 is 14.2 Å². The van der Waals surface area contributed by atoms with Crippen molar-refractivity contribution in [3.8, 4) is 5.75 Å². The number of halogens is 4. The van der Waals surface area contributed by atoms with E-state index in [0.717, 1.165) is 42.9 Å². The largest absolute Gasteiger partial charge is 0.493 e. The van der Waals surface area contributed by atoms with Crippen LogP contribution < -0.4 is 4.74 Å². The Hall–Kier alpha value is -2.38. The van der Waals surface area contributed by atoms with Crippen molar-refractivity contribution in [3.05, 3.63) is 64.5 Å². The van der Waals surface area contributed by atoms with Gasteiger partial charge in [-0.15, -0.1) is 0 Å². The molecule has 0 saturated carbocycles. The van der Waals surface area contributed by atoms with Gasteiger partial charge in [0.25, 0.3) is 0 Å². The van der Waals surface area contributed by atoms with Gasteiger partial charge in [0, 0.05) is 18.1 Å². The van der Waals surface area contributed by atoms with E-state index in [1.165, 1.54) is 12.1 Å². The van der Waals surface area contributed by atoms with Crippen LogP contribution in [-0.2, 0) is 15.7 Å². The van der Waals surface area contributed by atoms with E-state index in [2.05, 4.69) is 6.92 Å². The van der Waals surface area contributed by atoms with Crippen LogP contribution in [0.5, 0.6) is 5.75 Å². The monoisotopic (exact) mass is 466 g/mol. The van der Waals surface area contributed by atoms with Crippen LogP contribution in [0.3, 0.4) is 0 Å². The topological polar surface area (TPSA) is 27.7 Å². The molecule has 0 spiro atoms. The number of unbranched alkanes of at least 4 members (excludes halogenated alkanes) is 1. The molecule has 2 unspecified atom stereocenters. The summed E-state index contributed by atoms with van der Waals surface area (Å²) in [5, 5.41) is 0. The lowest BCUT2D eigenvalue weighted by Crippen LogP contribution is -2.27. The Kier molecular flexibility index (Phi) is 8.92. The summed E-state index contributed by atoms with van der Waals surface area (Å²) in [6, 6.07) is 10.1. The van der Waals surface area contributed by atoms with E-state index in [0.29, 0.717) is 13.2 Å². The average molecular weight is 467 g/mol. The van der Waals surface area contributed by atoms with E-state index in [1.807, 2.05) is 24.3 Å². The van der Waals surface area contributed by atoms with Crippen molar-refractivity contribution in [2.24, 2.45) is 0 Å². The highest BCUT2D eigenvalue weighted by Gasteiger charge is 2.38. The molecule has 0 aliphatic carbocycles. The minimum Gasteiger partial charge on any atom is -0.493 e. The first-order valence-corrected chi connectivity index (χ1v) is 11.4. The molecule has 1 heterocycles. The molecule has 1 aliphatic rings. The van der Waals surface area contributed by atoms with E-state index in [1.54, 1.807) is 13.0 Å². The molecule has 2 aromatic rings. The maximum Gasteiger partial charge on any atom is 0.422 e. The molecule has 1 aliphatic heterocycles. The Morgan fingerprint density at radius 3 is 2.39 bits per heavy atom. The number of ether oxygens (including phenoxy) is 3. The van der Waals surface area contributed by atoms with Crippen LogP contribution in [0.1, 0.15) is 67.7 Å². The SMILES string of the molecule is CCCCOC1CCC(c2ccc(/C=C/c3ccc(OCC)c(C(F)(F)F)c3F)cc2)CO1. The summed E-state index contributed by atoms with van der Waals surface area (Å²) in [6.07, 6.45) is 1.87. The predicted octanol–water partition coefficient (Wildman–Crippen LogP) is 7.45. The number of hydrogen-bond donors (Lipinski definition) is 0.